The molecule has 1 aromatic rings. The van der Waals surface area contributed by atoms with E-state index in [2.05, 4.69) is 10.3 Å². The number of alkyl halides is 3. The number of ether oxygens (including phenoxy) is 1. The minimum atomic E-state index is -4.98. The lowest BCUT2D eigenvalue weighted by Crippen LogP contribution is -2.54. The van der Waals surface area contributed by atoms with Gasteiger partial charge in [-0.1, -0.05) is 0 Å². The Bertz CT molecular complexity index is 760. The van der Waals surface area contributed by atoms with E-state index in [1.165, 1.54) is 18.1 Å². The van der Waals surface area contributed by atoms with Crippen LogP contribution in [0.5, 0.6) is 0 Å². The van der Waals surface area contributed by atoms with Crippen LogP contribution in [-0.4, -0.2) is 62.5 Å². The molecular formula is C19H29F3N4O4. The smallest absolute Gasteiger partial charge is 0.424 e. The first-order valence-electron chi connectivity index (χ1n) is 9.80. The molecule has 2 amide bonds. The van der Waals surface area contributed by atoms with Gasteiger partial charge >= 0.3 is 12.3 Å². The van der Waals surface area contributed by atoms with Crippen molar-refractivity contribution in [2.75, 3.05) is 13.1 Å². The quantitative estimate of drug-likeness (QED) is 0.742. The number of halogens is 3. The number of carbonyl (C=O) groups is 2. The lowest BCUT2D eigenvalue weighted by molar-refractivity contribution is -0.272. The Hall–Kier alpha value is -2.30. The lowest BCUT2D eigenvalue weighted by atomic mass is 9.97. The maximum atomic E-state index is 13.6. The number of carbonyl (C=O) groups excluding carboxylic acids is 2. The zero-order chi connectivity index (χ0) is 22.7. The Morgan fingerprint density at radius 2 is 1.97 bits per heavy atom. The van der Waals surface area contributed by atoms with E-state index in [4.69, 9.17) is 4.74 Å². The summed E-state index contributed by atoms with van der Waals surface area (Å²) in [6.45, 7) is 5.01. The number of nitrogens with one attached hydrogen (secondary N) is 1. The van der Waals surface area contributed by atoms with E-state index in [1.54, 1.807) is 20.8 Å². The number of nitrogens with zero attached hydrogens (tertiary/aromatic N) is 3. The molecule has 1 aliphatic rings. The molecule has 0 saturated carbocycles. The third kappa shape index (κ3) is 5.44. The van der Waals surface area contributed by atoms with Gasteiger partial charge in [-0.15, -0.1) is 0 Å². The maximum Gasteiger partial charge on any atom is 0.424 e. The van der Waals surface area contributed by atoms with Gasteiger partial charge in [0.1, 0.15) is 17.5 Å². The highest BCUT2D eigenvalue weighted by Crippen LogP contribution is 2.40. The molecule has 0 aliphatic carbocycles. The van der Waals surface area contributed by atoms with E-state index in [1.807, 2.05) is 0 Å². The largest absolute Gasteiger partial charge is 0.444 e. The summed E-state index contributed by atoms with van der Waals surface area (Å²) < 4.78 is 47.1. The second-order valence-electron chi connectivity index (χ2n) is 8.45. The Morgan fingerprint density at radius 3 is 2.50 bits per heavy atom. The Balaban J connectivity index is 2.05. The summed E-state index contributed by atoms with van der Waals surface area (Å²) in [6, 6.07) is -0.833. The average Bonchev–Trinajstić information content (AvgIpc) is 3.05. The van der Waals surface area contributed by atoms with Gasteiger partial charge in [-0.05, 0) is 40.0 Å². The zero-order valence-electron chi connectivity index (χ0n) is 17.6. The lowest BCUT2D eigenvalue weighted by Gasteiger charge is -2.36. The van der Waals surface area contributed by atoms with Gasteiger partial charge in [-0.3, -0.25) is 9.69 Å². The van der Waals surface area contributed by atoms with Crippen LogP contribution in [0.2, 0.25) is 0 Å². The van der Waals surface area contributed by atoms with Crippen LogP contribution in [0.1, 0.15) is 52.3 Å². The standard InChI is InChI=1S/C19H29F3N4O4/c1-17(2,3)30-16(28)26-11-6-5-7-13(26)14(27)23-9-8-18(29,19(20,21)22)15-24-10-12-25(15)4/h10,12-13,29H,5-9,11H2,1-4H3,(H,23,27). The molecule has 0 spiro atoms. The highest BCUT2D eigenvalue weighted by molar-refractivity contribution is 5.85. The summed E-state index contributed by atoms with van der Waals surface area (Å²) in [5.74, 6) is -1.14. The summed E-state index contributed by atoms with van der Waals surface area (Å²) >= 11 is 0. The summed E-state index contributed by atoms with van der Waals surface area (Å²) in [5.41, 5.74) is -3.95. The van der Waals surface area contributed by atoms with Gasteiger partial charge in [0.05, 0.1) is 0 Å². The van der Waals surface area contributed by atoms with E-state index >= 15 is 0 Å². The van der Waals surface area contributed by atoms with Crippen LogP contribution in [0.4, 0.5) is 18.0 Å². The van der Waals surface area contributed by atoms with Crippen LogP contribution >= 0.6 is 0 Å². The minimum Gasteiger partial charge on any atom is -0.444 e. The van der Waals surface area contributed by atoms with Crippen molar-refractivity contribution in [1.29, 1.82) is 0 Å². The van der Waals surface area contributed by atoms with Crippen LogP contribution in [0.3, 0.4) is 0 Å². The Labute approximate surface area is 173 Å². The predicted octanol–water partition coefficient (Wildman–Crippen LogP) is 2.47. The highest BCUT2D eigenvalue weighted by Gasteiger charge is 2.57. The van der Waals surface area contributed by atoms with Crippen molar-refractivity contribution in [3.63, 3.8) is 0 Å². The number of piperidine rings is 1. The van der Waals surface area contributed by atoms with Crippen molar-refractivity contribution in [3.8, 4) is 0 Å². The molecule has 2 rings (SSSR count). The van der Waals surface area contributed by atoms with Crippen molar-refractivity contribution in [2.45, 2.75) is 69.9 Å². The molecule has 1 aromatic heterocycles. The summed E-state index contributed by atoms with van der Waals surface area (Å²) in [6.07, 6.45) is -2.18. The third-order valence-electron chi connectivity index (χ3n) is 4.88. The predicted molar refractivity (Wildman–Crippen MR) is 101 cm³/mol. The van der Waals surface area contributed by atoms with E-state index in [-0.39, 0.29) is 0 Å². The molecule has 8 nitrogen and oxygen atoms in total. The van der Waals surface area contributed by atoms with Crippen molar-refractivity contribution in [3.05, 3.63) is 18.2 Å². The summed E-state index contributed by atoms with van der Waals surface area (Å²) in [4.78, 5) is 30.0. The van der Waals surface area contributed by atoms with Gasteiger partial charge in [0.2, 0.25) is 11.5 Å². The topological polar surface area (TPSA) is 96.7 Å². The average molecular weight is 434 g/mol. The van der Waals surface area contributed by atoms with Gasteiger partial charge in [0.15, 0.2) is 0 Å². The number of likely N-dealkylation sites (tertiary alicyclic amines) is 1. The number of hydrogen-bond donors (Lipinski definition) is 2. The molecular weight excluding hydrogens is 405 g/mol. The number of aromatic nitrogens is 2. The molecule has 2 atom stereocenters. The van der Waals surface area contributed by atoms with Crippen LogP contribution < -0.4 is 5.32 Å². The van der Waals surface area contributed by atoms with Crippen LogP contribution in [-0.2, 0) is 22.2 Å². The second kappa shape index (κ2) is 8.83. The molecule has 1 aliphatic heterocycles. The first kappa shape index (κ1) is 24.0. The van der Waals surface area contributed by atoms with Gasteiger partial charge in [-0.25, -0.2) is 9.78 Å². The molecule has 0 aromatic carbocycles. The zero-order valence-corrected chi connectivity index (χ0v) is 17.6. The maximum absolute atomic E-state index is 13.6. The fraction of sp³-hybridized carbons (Fsp3) is 0.737. The van der Waals surface area contributed by atoms with E-state index in [0.29, 0.717) is 25.8 Å². The summed E-state index contributed by atoms with van der Waals surface area (Å²) in [7, 11) is 1.35. The van der Waals surface area contributed by atoms with Crippen molar-refractivity contribution in [1.82, 2.24) is 19.8 Å². The molecule has 30 heavy (non-hydrogen) atoms. The van der Waals surface area contributed by atoms with Crippen molar-refractivity contribution < 1.29 is 32.6 Å². The number of aliphatic hydroxyl groups is 1. The van der Waals surface area contributed by atoms with Crippen molar-refractivity contribution in [2.24, 2.45) is 7.05 Å². The molecule has 11 heteroatoms. The molecule has 1 fully saturated rings. The SMILES string of the molecule is Cn1ccnc1C(O)(CCNC(=O)C1CCCCN1C(=O)OC(C)(C)C)C(F)(F)F. The van der Waals surface area contributed by atoms with Crippen molar-refractivity contribution >= 4 is 12.0 Å². The molecule has 1 saturated heterocycles. The number of rotatable bonds is 5. The molecule has 0 radical (unpaired) electrons. The van der Waals surface area contributed by atoms with Gasteiger partial charge < -0.3 is 19.7 Å². The first-order valence-corrected chi connectivity index (χ1v) is 9.80. The first-order chi connectivity index (χ1) is 13.8. The van der Waals surface area contributed by atoms with Crippen LogP contribution in [0, 0.1) is 0 Å². The molecule has 2 heterocycles. The fourth-order valence-corrected chi connectivity index (χ4v) is 3.37. The number of hydrogen-bond acceptors (Lipinski definition) is 5. The minimum absolute atomic E-state index is 0.326. The van der Waals surface area contributed by atoms with E-state index in [9.17, 15) is 27.9 Å². The Kier molecular flexibility index (Phi) is 7.05. The third-order valence-corrected chi connectivity index (χ3v) is 4.88. The molecule has 170 valence electrons. The Morgan fingerprint density at radius 1 is 1.30 bits per heavy atom. The molecule has 2 unspecified atom stereocenters. The number of imidazole rings is 1. The molecule has 0 bridgehead atoms. The van der Waals surface area contributed by atoms with E-state index in [0.717, 1.165) is 10.8 Å². The molecule has 2 N–H and O–H groups in total. The van der Waals surface area contributed by atoms with E-state index < -0.39 is 54.2 Å². The number of amides is 2. The van der Waals surface area contributed by atoms with Gasteiger partial charge in [0, 0.05) is 39.0 Å². The summed E-state index contributed by atoms with van der Waals surface area (Å²) in [5, 5.41) is 12.8. The van der Waals surface area contributed by atoms with Gasteiger partial charge in [0.25, 0.3) is 0 Å². The van der Waals surface area contributed by atoms with Crippen LogP contribution in [0.25, 0.3) is 0 Å². The highest BCUT2D eigenvalue weighted by atomic mass is 19.4. The number of aryl methyl sites for hydroxylation is 1. The normalized spacial score (nSPS) is 19.9. The van der Waals surface area contributed by atoms with Crippen LogP contribution in [0.15, 0.2) is 12.4 Å². The fourth-order valence-electron chi connectivity index (χ4n) is 3.37. The second-order valence-corrected chi connectivity index (χ2v) is 8.45. The van der Waals surface area contributed by atoms with Gasteiger partial charge in [-0.2, -0.15) is 13.2 Å². The monoisotopic (exact) mass is 434 g/mol.